The molecule has 0 saturated carbocycles. The fourth-order valence-corrected chi connectivity index (χ4v) is 2.60. The van der Waals surface area contributed by atoms with Crippen LogP contribution in [0.2, 0.25) is 0 Å². The number of fused-ring (bicyclic) bond motifs is 1. The van der Waals surface area contributed by atoms with Gasteiger partial charge in [0.25, 0.3) is 0 Å². The summed E-state index contributed by atoms with van der Waals surface area (Å²) in [6, 6.07) is 18.2. The first kappa shape index (κ1) is 15.1. The summed E-state index contributed by atoms with van der Waals surface area (Å²) < 4.78 is 0. The number of aromatic amines is 1. The lowest BCUT2D eigenvalue weighted by Gasteiger charge is -2.08. The Hall–Kier alpha value is -3.47. The average molecular weight is 327 g/mol. The van der Waals surface area contributed by atoms with Gasteiger partial charge in [0, 0.05) is 5.69 Å². The van der Waals surface area contributed by atoms with Crippen LogP contribution in [-0.4, -0.2) is 19.9 Å². The zero-order valence-electron chi connectivity index (χ0n) is 13.8. The van der Waals surface area contributed by atoms with Gasteiger partial charge in [-0.05, 0) is 30.2 Å². The number of aromatic nitrogens is 4. The van der Waals surface area contributed by atoms with E-state index in [4.69, 9.17) is 0 Å². The van der Waals surface area contributed by atoms with Crippen LogP contribution in [0.15, 0.2) is 60.9 Å². The molecule has 4 rings (SSSR count). The average Bonchev–Trinajstić information content (AvgIpc) is 3.07. The first-order valence-corrected chi connectivity index (χ1v) is 8.06. The van der Waals surface area contributed by atoms with Gasteiger partial charge in [-0.1, -0.05) is 54.6 Å². The molecule has 0 aliphatic carbocycles. The highest BCUT2D eigenvalue weighted by Crippen LogP contribution is 2.23. The van der Waals surface area contributed by atoms with Gasteiger partial charge in [0.1, 0.15) is 17.7 Å². The molecule has 2 aromatic heterocycles. The van der Waals surface area contributed by atoms with E-state index in [9.17, 15) is 0 Å². The second kappa shape index (κ2) is 6.57. The zero-order valence-corrected chi connectivity index (χ0v) is 13.8. The maximum Gasteiger partial charge on any atom is 0.183 e. The Morgan fingerprint density at radius 2 is 1.72 bits per heavy atom. The minimum absolute atomic E-state index is 0.638. The number of nitrogens with zero attached hydrogens (tertiary/aromatic N) is 3. The standard InChI is InChI=1S/C20H17N5/c1-14-7-5-6-10-16(14)23-19-18-20(22-13-21-19)25-17(24-18)12-11-15-8-3-2-4-9-15/h2-13H,1H3,(H2,21,22,23,24,25)/b12-11+. The van der Waals surface area contributed by atoms with Gasteiger partial charge in [0.05, 0.1) is 0 Å². The van der Waals surface area contributed by atoms with Gasteiger partial charge >= 0.3 is 0 Å². The van der Waals surface area contributed by atoms with Gasteiger partial charge in [-0.3, -0.25) is 0 Å². The lowest BCUT2D eigenvalue weighted by atomic mass is 10.2. The lowest BCUT2D eigenvalue weighted by Crippen LogP contribution is -1.97. The summed E-state index contributed by atoms with van der Waals surface area (Å²) >= 11 is 0. The third-order valence-electron chi connectivity index (χ3n) is 3.94. The van der Waals surface area contributed by atoms with Crippen LogP contribution in [0.3, 0.4) is 0 Å². The molecule has 0 amide bonds. The molecule has 0 spiro atoms. The first-order chi connectivity index (χ1) is 12.3. The summed E-state index contributed by atoms with van der Waals surface area (Å²) in [5.41, 5.74) is 4.71. The van der Waals surface area contributed by atoms with E-state index in [-0.39, 0.29) is 0 Å². The highest BCUT2D eigenvalue weighted by Gasteiger charge is 2.09. The molecule has 4 aromatic rings. The van der Waals surface area contributed by atoms with Crippen molar-refractivity contribution in [2.45, 2.75) is 6.92 Å². The van der Waals surface area contributed by atoms with Crippen LogP contribution in [0.4, 0.5) is 11.5 Å². The van der Waals surface area contributed by atoms with Gasteiger partial charge in [0.2, 0.25) is 0 Å². The Morgan fingerprint density at radius 3 is 2.56 bits per heavy atom. The molecule has 0 saturated heterocycles. The summed E-state index contributed by atoms with van der Waals surface area (Å²) in [6.45, 7) is 2.06. The van der Waals surface area contributed by atoms with Crippen LogP contribution in [0.1, 0.15) is 17.0 Å². The van der Waals surface area contributed by atoms with E-state index in [1.165, 1.54) is 6.33 Å². The van der Waals surface area contributed by atoms with E-state index < -0.39 is 0 Å². The SMILES string of the molecule is Cc1ccccc1Nc1ncnc2nc(/C=C/c3ccccc3)[nH]c12. The molecule has 5 heteroatoms. The molecule has 0 aliphatic heterocycles. The monoisotopic (exact) mass is 327 g/mol. The molecule has 25 heavy (non-hydrogen) atoms. The number of anilines is 2. The molecule has 2 heterocycles. The number of para-hydroxylation sites is 1. The van der Waals surface area contributed by atoms with Crippen molar-refractivity contribution in [2.24, 2.45) is 0 Å². The number of imidazole rings is 1. The van der Waals surface area contributed by atoms with Crippen molar-refractivity contribution in [1.29, 1.82) is 0 Å². The molecule has 0 aliphatic rings. The zero-order chi connectivity index (χ0) is 17.1. The van der Waals surface area contributed by atoms with E-state index in [1.807, 2.05) is 60.7 Å². The number of benzene rings is 2. The number of H-pyrrole nitrogens is 1. The van der Waals surface area contributed by atoms with Crippen molar-refractivity contribution in [3.8, 4) is 0 Å². The van der Waals surface area contributed by atoms with E-state index >= 15 is 0 Å². The molecule has 122 valence electrons. The maximum absolute atomic E-state index is 4.52. The van der Waals surface area contributed by atoms with Gasteiger partial charge in [-0.15, -0.1) is 0 Å². The Morgan fingerprint density at radius 1 is 0.920 bits per heavy atom. The van der Waals surface area contributed by atoms with Crippen molar-refractivity contribution in [1.82, 2.24) is 19.9 Å². The molecule has 0 atom stereocenters. The molecule has 0 radical (unpaired) electrons. The van der Waals surface area contributed by atoms with Crippen molar-refractivity contribution >= 4 is 34.8 Å². The molecule has 5 nitrogen and oxygen atoms in total. The first-order valence-electron chi connectivity index (χ1n) is 8.06. The largest absolute Gasteiger partial charge is 0.338 e. The van der Waals surface area contributed by atoms with Crippen LogP contribution >= 0.6 is 0 Å². The second-order valence-corrected chi connectivity index (χ2v) is 5.73. The number of rotatable bonds is 4. The minimum atomic E-state index is 0.638. The number of hydrogen-bond donors (Lipinski definition) is 2. The fraction of sp³-hybridized carbons (Fsp3) is 0.0500. The Balaban J connectivity index is 1.67. The fourth-order valence-electron chi connectivity index (χ4n) is 2.60. The number of aryl methyl sites for hydroxylation is 1. The van der Waals surface area contributed by atoms with Crippen molar-refractivity contribution in [3.05, 3.63) is 77.9 Å². The Kier molecular flexibility index (Phi) is 3.96. The number of hydrogen-bond acceptors (Lipinski definition) is 4. The summed E-state index contributed by atoms with van der Waals surface area (Å²) in [7, 11) is 0. The molecule has 0 bridgehead atoms. The van der Waals surface area contributed by atoms with Crippen molar-refractivity contribution < 1.29 is 0 Å². The van der Waals surface area contributed by atoms with Crippen molar-refractivity contribution in [2.75, 3.05) is 5.32 Å². The Bertz CT molecular complexity index is 1030. The van der Waals surface area contributed by atoms with Crippen LogP contribution in [0.25, 0.3) is 23.3 Å². The quantitative estimate of drug-likeness (QED) is 0.576. The molecule has 2 N–H and O–H groups in total. The predicted molar refractivity (Wildman–Crippen MR) is 102 cm³/mol. The van der Waals surface area contributed by atoms with E-state index in [0.29, 0.717) is 11.5 Å². The third kappa shape index (κ3) is 3.26. The number of nitrogens with one attached hydrogen (secondary N) is 2. The lowest BCUT2D eigenvalue weighted by molar-refractivity contribution is 1.19. The summed E-state index contributed by atoms with van der Waals surface area (Å²) in [5.74, 6) is 1.46. The smallest absolute Gasteiger partial charge is 0.183 e. The summed E-state index contributed by atoms with van der Waals surface area (Å²) in [5, 5.41) is 3.36. The van der Waals surface area contributed by atoms with Crippen molar-refractivity contribution in [3.63, 3.8) is 0 Å². The minimum Gasteiger partial charge on any atom is -0.338 e. The van der Waals surface area contributed by atoms with Crippen LogP contribution in [-0.2, 0) is 0 Å². The van der Waals surface area contributed by atoms with Gasteiger partial charge in [-0.25, -0.2) is 15.0 Å². The van der Waals surface area contributed by atoms with Crippen LogP contribution < -0.4 is 5.32 Å². The third-order valence-corrected chi connectivity index (χ3v) is 3.94. The maximum atomic E-state index is 4.52. The van der Waals surface area contributed by atoms with Gasteiger partial charge < -0.3 is 10.3 Å². The van der Waals surface area contributed by atoms with E-state index in [0.717, 1.165) is 28.2 Å². The predicted octanol–water partition coefficient (Wildman–Crippen LogP) is 4.58. The molecule has 2 aromatic carbocycles. The van der Waals surface area contributed by atoms with Crippen LogP contribution in [0, 0.1) is 6.92 Å². The molecule has 0 unspecified atom stereocenters. The van der Waals surface area contributed by atoms with E-state index in [2.05, 4.69) is 38.2 Å². The normalized spacial score (nSPS) is 11.2. The highest BCUT2D eigenvalue weighted by molar-refractivity contribution is 5.87. The highest BCUT2D eigenvalue weighted by atomic mass is 15.1. The van der Waals surface area contributed by atoms with Gasteiger partial charge in [-0.2, -0.15) is 0 Å². The molecular formula is C20H17N5. The summed E-state index contributed by atoms with van der Waals surface area (Å²) in [6.07, 6.45) is 5.47. The summed E-state index contributed by atoms with van der Waals surface area (Å²) in [4.78, 5) is 16.4. The Labute approximate surface area is 145 Å². The van der Waals surface area contributed by atoms with Crippen LogP contribution in [0.5, 0.6) is 0 Å². The van der Waals surface area contributed by atoms with E-state index in [1.54, 1.807) is 0 Å². The molecular weight excluding hydrogens is 310 g/mol. The second-order valence-electron chi connectivity index (χ2n) is 5.73. The van der Waals surface area contributed by atoms with Gasteiger partial charge in [0.15, 0.2) is 11.5 Å². The molecule has 0 fully saturated rings. The topological polar surface area (TPSA) is 66.5 Å².